The number of aliphatic hydroxyl groups is 1. The summed E-state index contributed by atoms with van der Waals surface area (Å²) in [5, 5.41) is 12.9. The van der Waals surface area contributed by atoms with E-state index in [2.05, 4.69) is 5.32 Å². The summed E-state index contributed by atoms with van der Waals surface area (Å²) in [5.74, 6) is 0. The number of hydrogen-bond acceptors (Lipinski definition) is 2. The molecule has 0 aliphatic carbocycles. The standard InChI is InChI=1S/C15H13ClF3NO/c16-12-3-1-2-4-13(12)20-14(9-21)10-5-7-11(8-6-10)15(17,18)19/h1-8,14,20-21H,9H2. The van der Waals surface area contributed by atoms with Crippen molar-refractivity contribution in [2.24, 2.45) is 0 Å². The van der Waals surface area contributed by atoms with Crippen LogP contribution in [0.3, 0.4) is 0 Å². The van der Waals surface area contributed by atoms with E-state index in [-0.39, 0.29) is 6.61 Å². The molecule has 2 rings (SSSR count). The third-order valence-electron chi connectivity index (χ3n) is 3.03. The maximum absolute atomic E-state index is 12.5. The molecule has 0 heterocycles. The second-order valence-electron chi connectivity index (χ2n) is 4.48. The molecule has 6 heteroatoms. The van der Waals surface area contributed by atoms with Crippen LogP contribution in [0.5, 0.6) is 0 Å². The zero-order chi connectivity index (χ0) is 15.5. The van der Waals surface area contributed by atoms with Crippen molar-refractivity contribution in [3.8, 4) is 0 Å². The van der Waals surface area contributed by atoms with E-state index in [4.69, 9.17) is 11.6 Å². The average molecular weight is 316 g/mol. The largest absolute Gasteiger partial charge is 0.416 e. The summed E-state index contributed by atoms with van der Waals surface area (Å²) in [4.78, 5) is 0. The molecular formula is C15H13ClF3NO. The lowest BCUT2D eigenvalue weighted by molar-refractivity contribution is -0.137. The molecule has 0 amide bonds. The van der Waals surface area contributed by atoms with Crippen LogP contribution in [0, 0.1) is 0 Å². The van der Waals surface area contributed by atoms with Crippen molar-refractivity contribution in [1.82, 2.24) is 0 Å². The Morgan fingerprint density at radius 2 is 1.67 bits per heavy atom. The summed E-state index contributed by atoms with van der Waals surface area (Å²) in [5.41, 5.74) is 0.434. The molecule has 2 N–H and O–H groups in total. The van der Waals surface area contributed by atoms with Crippen LogP contribution < -0.4 is 5.32 Å². The minimum absolute atomic E-state index is 0.267. The Morgan fingerprint density at radius 3 is 2.19 bits per heavy atom. The van der Waals surface area contributed by atoms with E-state index in [1.807, 2.05) is 0 Å². The van der Waals surface area contributed by atoms with Crippen molar-refractivity contribution in [3.05, 3.63) is 64.7 Å². The van der Waals surface area contributed by atoms with Crippen molar-refractivity contribution < 1.29 is 18.3 Å². The molecular weight excluding hydrogens is 303 g/mol. The Hall–Kier alpha value is -1.72. The normalized spacial score (nSPS) is 13.0. The molecule has 2 aromatic carbocycles. The van der Waals surface area contributed by atoms with Crippen LogP contribution in [0.25, 0.3) is 0 Å². The lowest BCUT2D eigenvalue weighted by Gasteiger charge is -2.19. The van der Waals surface area contributed by atoms with Crippen LogP contribution in [-0.4, -0.2) is 11.7 Å². The summed E-state index contributed by atoms with van der Waals surface area (Å²) >= 11 is 6.00. The van der Waals surface area contributed by atoms with Crippen LogP contribution >= 0.6 is 11.6 Å². The zero-order valence-corrected chi connectivity index (χ0v) is 11.6. The highest BCUT2D eigenvalue weighted by atomic mass is 35.5. The highest BCUT2D eigenvalue weighted by Gasteiger charge is 2.30. The zero-order valence-electron chi connectivity index (χ0n) is 10.9. The second kappa shape index (κ2) is 6.37. The minimum atomic E-state index is -4.37. The van der Waals surface area contributed by atoms with Crippen molar-refractivity contribution in [1.29, 1.82) is 0 Å². The average Bonchev–Trinajstić information content (AvgIpc) is 2.46. The number of halogens is 4. The van der Waals surface area contributed by atoms with Gasteiger partial charge in [0.25, 0.3) is 0 Å². The lowest BCUT2D eigenvalue weighted by atomic mass is 10.0. The summed E-state index contributed by atoms with van der Waals surface area (Å²) in [6.07, 6.45) is -4.37. The van der Waals surface area contributed by atoms with Gasteiger partial charge in [-0.25, -0.2) is 0 Å². The maximum Gasteiger partial charge on any atom is 0.416 e. The van der Waals surface area contributed by atoms with Crippen LogP contribution in [0.1, 0.15) is 17.2 Å². The number of benzene rings is 2. The molecule has 0 saturated heterocycles. The van der Waals surface area contributed by atoms with Gasteiger partial charge in [0.2, 0.25) is 0 Å². The SMILES string of the molecule is OCC(Nc1ccccc1Cl)c1ccc(C(F)(F)F)cc1. The van der Waals surface area contributed by atoms with E-state index in [1.165, 1.54) is 12.1 Å². The Balaban J connectivity index is 2.20. The number of alkyl halides is 3. The highest BCUT2D eigenvalue weighted by molar-refractivity contribution is 6.33. The van der Waals surface area contributed by atoms with E-state index in [1.54, 1.807) is 24.3 Å². The van der Waals surface area contributed by atoms with E-state index < -0.39 is 17.8 Å². The molecule has 0 saturated carbocycles. The van der Waals surface area contributed by atoms with Crippen LogP contribution in [0.4, 0.5) is 18.9 Å². The molecule has 0 radical (unpaired) electrons. The van der Waals surface area contributed by atoms with Gasteiger partial charge in [0.05, 0.1) is 28.9 Å². The maximum atomic E-state index is 12.5. The van der Waals surface area contributed by atoms with Gasteiger partial charge >= 0.3 is 6.18 Å². The molecule has 1 atom stereocenters. The molecule has 2 aromatic rings. The first-order valence-electron chi connectivity index (χ1n) is 6.21. The van der Waals surface area contributed by atoms with E-state index in [0.717, 1.165) is 12.1 Å². The van der Waals surface area contributed by atoms with Crippen molar-refractivity contribution >= 4 is 17.3 Å². The van der Waals surface area contributed by atoms with Crippen LogP contribution in [0.2, 0.25) is 5.02 Å². The molecule has 0 aliphatic rings. The molecule has 2 nitrogen and oxygen atoms in total. The number of para-hydroxylation sites is 1. The van der Waals surface area contributed by atoms with Gasteiger partial charge in [0, 0.05) is 0 Å². The van der Waals surface area contributed by atoms with Gasteiger partial charge < -0.3 is 10.4 Å². The molecule has 21 heavy (non-hydrogen) atoms. The van der Waals surface area contributed by atoms with Crippen molar-refractivity contribution in [2.75, 3.05) is 11.9 Å². The summed E-state index contributed by atoms with van der Waals surface area (Å²) in [6.45, 7) is -0.267. The first kappa shape index (κ1) is 15.7. The number of aliphatic hydroxyl groups excluding tert-OH is 1. The number of rotatable bonds is 4. The van der Waals surface area contributed by atoms with E-state index in [0.29, 0.717) is 16.3 Å². The Morgan fingerprint density at radius 1 is 1.05 bits per heavy atom. The molecule has 0 spiro atoms. The quantitative estimate of drug-likeness (QED) is 0.870. The van der Waals surface area contributed by atoms with Gasteiger partial charge in [0.1, 0.15) is 0 Å². The number of nitrogens with one attached hydrogen (secondary N) is 1. The first-order valence-corrected chi connectivity index (χ1v) is 6.58. The van der Waals surface area contributed by atoms with E-state index >= 15 is 0 Å². The molecule has 0 aliphatic heterocycles. The van der Waals surface area contributed by atoms with Gasteiger partial charge in [-0.05, 0) is 29.8 Å². The van der Waals surface area contributed by atoms with Gasteiger partial charge in [-0.2, -0.15) is 13.2 Å². The topological polar surface area (TPSA) is 32.3 Å². The van der Waals surface area contributed by atoms with Crippen molar-refractivity contribution in [2.45, 2.75) is 12.2 Å². The Bertz CT molecular complexity index is 599. The summed E-state index contributed by atoms with van der Waals surface area (Å²) in [7, 11) is 0. The monoisotopic (exact) mass is 315 g/mol. The molecule has 0 bridgehead atoms. The highest BCUT2D eigenvalue weighted by Crippen LogP contribution is 2.31. The molecule has 0 aromatic heterocycles. The predicted octanol–water partition coefficient (Wildman–Crippen LogP) is 4.50. The smallest absolute Gasteiger partial charge is 0.394 e. The fraction of sp³-hybridized carbons (Fsp3) is 0.200. The fourth-order valence-electron chi connectivity index (χ4n) is 1.90. The Labute approximate surface area is 125 Å². The third-order valence-corrected chi connectivity index (χ3v) is 3.36. The van der Waals surface area contributed by atoms with Gasteiger partial charge in [-0.1, -0.05) is 35.9 Å². The van der Waals surface area contributed by atoms with Crippen LogP contribution in [-0.2, 0) is 6.18 Å². The molecule has 1 unspecified atom stereocenters. The van der Waals surface area contributed by atoms with Crippen molar-refractivity contribution in [3.63, 3.8) is 0 Å². The van der Waals surface area contributed by atoms with Gasteiger partial charge in [-0.15, -0.1) is 0 Å². The predicted molar refractivity (Wildman–Crippen MR) is 76.3 cm³/mol. The fourth-order valence-corrected chi connectivity index (χ4v) is 2.10. The van der Waals surface area contributed by atoms with Crippen LogP contribution in [0.15, 0.2) is 48.5 Å². The van der Waals surface area contributed by atoms with Gasteiger partial charge in [0.15, 0.2) is 0 Å². The first-order chi connectivity index (χ1) is 9.91. The third kappa shape index (κ3) is 3.89. The molecule has 0 fully saturated rings. The van der Waals surface area contributed by atoms with Gasteiger partial charge in [-0.3, -0.25) is 0 Å². The summed E-state index contributed by atoms with van der Waals surface area (Å²) < 4.78 is 37.6. The molecule has 112 valence electrons. The second-order valence-corrected chi connectivity index (χ2v) is 4.89. The van der Waals surface area contributed by atoms with E-state index in [9.17, 15) is 18.3 Å². The number of hydrogen-bond donors (Lipinski definition) is 2. The lowest BCUT2D eigenvalue weighted by Crippen LogP contribution is -2.15. The Kier molecular flexibility index (Phi) is 4.75. The minimum Gasteiger partial charge on any atom is -0.394 e. The summed E-state index contributed by atoms with van der Waals surface area (Å²) in [6, 6.07) is 11.1. The number of anilines is 1.